The molecule has 5 nitrogen and oxygen atoms in total. The standard InChI is InChI=1S/C13H17N3O2/c1-9(2)8-14-13(18)16-12-6-4-11(5-7-12)15-10(3)17/h4-8H,1-3H3,(H,15,17)(H2,14,16,18). The van der Waals surface area contributed by atoms with Crippen LogP contribution in [0.4, 0.5) is 16.2 Å². The van der Waals surface area contributed by atoms with E-state index in [9.17, 15) is 9.59 Å². The molecule has 0 radical (unpaired) electrons. The van der Waals surface area contributed by atoms with Gasteiger partial charge >= 0.3 is 6.03 Å². The Hall–Kier alpha value is -2.30. The van der Waals surface area contributed by atoms with Crippen molar-refractivity contribution in [3.8, 4) is 0 Å². The van der Waals surface area contributed by atoms with Crippen LogP contribution in [0.1, 0.15) is 20.8 Å². The molecule has 1 aromatic carbocycles. The average molecular weight is 247 g/mol. The molecule has 3 amide bonds. The molecule has 0 aliphatic heterocycles. The van der Waals surface area contributed by atoms with E-state index in [1.54, 1.807) is 30.5 Å². The maximum atomic E-state index is 11.4. The van der Waals surface area contributed by atoms with Crippen molar-refractivity contribution in [2.24, 2.45) is 0 Å². The smallest absolute Gasteiger partial charge is 0.323 e. The molecule has 96 valence electrons. The van der Waals surface area contributed by atoms with E-state index in [1.807, 2.05) is 13.8 Å². The monoisotopic (exact) mass is 247 g/mol. The lowest BCUT2D eigenvalue weighted by molar-refractivity contribution is -0.114. The Morgan fingerprint density at radius 3 is 1.89 bits per heavy atom. The van der Waals surface area contributed by atoms with Crippen LogP contribution in [-0.4, -0.2) is 11.9 Å². The van der Waals surface area contributed by atoms with E-state index in [1.165, 1.54) is 6.92 Å². The normalized spacial score (nSPS) is 9.28. The second-order valence-electron chi connectivity index (χ2n) is 4.08. The zero-order valence-corrected chi connectivity index (χ0v) is 10.7. The van der Waals surface area contributed by atoms with E-state index in [0.29, 0.717) is 11.4 Å². The second kappa shape index (κ2) is 6.44. The van der Waals surface area contributed by atoms with Crippen LogP contribution in [-0.2, 0) is 4.79 Å². The molecule has 3 N–H and O–H groups in total. The molecule has 0 spiro atoms. The van der Waals surface area contributed by atoms with Crippen LogP contribution >= 0.6 is 0 Å². The van der Waals surface area contributed by atoms with Gasteiger partial charge in [-0.15, -0.1) is 0 Å². The van der Waals surface area contributed by atoms with E-state index in [2.05, 4.69) is 16.0 Å². The van der Waals surface area contributed by atoms with Gasteiger partial charge < -0.3 is 16.0 Å². The number of hydrogen-bond acceptors (Lipinski definition) is 2. The molecule has 0 heterocycles. The predicted octanol–water partition coefficient (Wildman–Crippen LogP) is 2.69. The van der Waals surface area contributed by atoms with E-state index in [-0.39, 0.29) is 11.9 Å². The highest BCUT2D eigenvalue weighted by Crippen LogP contribution is 2.13. The molecule has 0 aromatic heterocycles. The highest BCUT2D eigenvalue weighted by Gasteiger charge is 2.00. The fraction of sp³-hybridized carbons (Fsp3) is 0.231. The van der Waals surface area contributed by atoms with Crippen LogP contribution in [0.2, 0.25) is 0 Å². The third kappa shape index (κ3) is 5.16. The van der Waals surface area contributed by atoms with Gasteiger partial charge in [0.05, 0.1) is 0 Å². The molecule has 0 saturated carbocycles. The number of benzene rings is 1. The fourth-order valence-electron chi connectivity index (χ4n) is 1.22. The van der Waals surface area contributed by atoms with Crippen molar-refractivity contribution in [1.29, 1.82) is 0 Å². The zero-order chi connectivity index (χ0) is 13.5. The van der Waals surface area contributed by atoms with Crippen LogP contribution in [0.25, 0.3) is 0 Å². The Kier molecular flexibility index (Phi) is 4.92. The summed E-state index contributed by atoms with van der Waals surface area (Å²) < 4.78 is 0. The highest BCUT2D eigenvalue weighted by molar-refractivity contribution is 5.91. The summed E-state index contributed by atoms with van der Waals surface area (Å²) in [5.41, 5.74) is 2.35. The van der Waals surface area contributed by atoms with E-state index in [0.717, 1.165) is 5.57 Å². The summed E-state index contributed by atoms with van der Waals surface area (Å²) in [4.78, 5) is 22.3. The van der Waals surface area contributed by atoms with Crippen molar-refractivity contribution in [1.82, 2.24) is 5.32 Å². The first-order chi connectivity index (χ1) is 8.47. The van der Waals surface area contributed by atoms with E-state index < -0.39 is 0 Å². The van der Waals surface area contributed by atoms with Crippen LogP contribution < -0.4 is 16.0 Å². The van der Waals surface area contributed by atoms with Gasteiger partial charge in [-0.1, -0.05) is 5.57 Å². The zero-order valence-electron chi connectivity index (χ0n) is 10.7. The molecular weight excluding hydrogens is 230 g/mol. The summed E-state index contributed by atoms with van der Waals surface area (Å²) in [6.07, 6.45) is 1.63. The van der Waals surface area contributed by atoms with Gasteiger partial charge in [0, 0.05) is 24.5 Å². The minimum atomic E-state index is -0.302. The molecule has 5 heteroatoms. The predicted molar refractivity (Wildman–Crippen MR) is 72.3 cm³/mol. The van der Waals surface area contributed by atoms with Crippen molar-refractivity contribution in [3.63, 3.8) is 0 Å². The largest absolute Gasteiger partial charge is 0.326 e. The topological polar surface area (TPSA) is 70.2 Å². The lowest BCUT2D eigenvalue weighted by Gasteiger charge is -2.06. The average Bonchev–Trinajstić information content (AvgIpc) is 2.28. The molecule has 0 saturated heterocycles. The maximum Gasteiger partial charge on any atom is 0.323 e. The van der Waals surface area contributed by atoms with Gasteiger partial charge in [-0.05, 0) is 38.1 Å². The Morgan fingerprint density at radius 1 is 0.944 bits per heavy atom. The third-order valence-electron chi connectivity index (χ3n) is 1.96. The fourth-order valence-corrected chi connectivity index (χ4v) is 1.22. The summed E-state index contributed by atoms with van der Waals surface area (Å²) in [6.45, 7) is 5.23. The summed E-state index contributed by atoms with van der Waals surface area (Å²) in [7, 11) is 0. The number of nitrogens with one attached hydrogen (secondary N) is 3. The minimum Gasteiger partial charge on any atom is -0.326 e. The van der Waals surface area contributed by atoms with Crippen molar-refractivity contribution >= 4 is 23.3 Å². The van der Waals surface area contributed by atoms with Crippen LogP contribution in [0.5, 0.6) is 0 Å². The van der Waals surface area contributed by atoms with Gasteiger partial charge in [-0.25, -0.2) is 4.79 Å². The van der Waals surface area contributed by atoms with Crippen molar-refractivity contribution < 1.29 is 9.59 Å². The molecule has 0 fully saturated rings. The van der Waals surface area contributed by atoms with Crippen LogP contribution in [0.3, 0.4) is 0 Å². The number of allylic oxidation sites excluding steroid dienone is 1. The summed E-state index contributed by atoms with van der Waals surface area (Å²) in [5, 5.41) is 7.91. The number of amides is 3. The van der Waals surface area contributed by atoms with Gasteiger partial charge in [0.15, 0.2) is 0 Å². The van der Waals surface area contributed by atoms with E-state index in [4.69, 9.17) is 0 Å². The molecule has 0 aliphatic rings. The molecule has 0 aliphatic carbocycles. The van der Waals surface area contributed by atoms with Crippen molar-refractivity contribution in [3.05, 3.63) is 36.0 Å². The van der Waals surface area contributed by atoms with Gasteiger partial charge in [0.25, 0.3) is 0 Å². The van der Waals surface area contributed by atoms with Gasteiger partial charge in [0.1, 0.15) is 0 Å². The first-order valence-corrected chi connectivity index (χ1v) is 5.56. The van der Waals surface area contributed by atoms with Crippen molar-refractivity contribution in [2.75, 3.05) is 10.6 Å². The van der Waals surface area contributed by atoms with Crippen molar-refractivity contribution in [2.45, 2.75) is 20.8 Å². The number of rotatable bonds is 3. The molecule has 1 aromatic rings. The number of anilines is 2. The quantitative estimate of drug-likeness (QED) is 0.768. The van der Waals surface area contributed by atoms with Gasteiger partial charge in [-0.2, -0.15) is 0 Å². The third-order valence-corrected chi connectivity index (χ3v) is 1.96. The number of carbonyl (C=O) groups is 2. The lowest BCUT2D eigenvalue weighted by atomic mass is 10.3. The van der Waals surface area contributed by atoms with Crippen LogP contribution in [0.15, 0.2) is 36.0 Å². The lowest BCUT2D eigenvalue weighted by Crippen LogP contribution is -2.24. The molecule has 0 unspecified atom stereocenters. The Morgan fingerprint density at radius 2 is 1.44 bits per heavy atom. The first-order valence-electron chi connectivity index (χ1n) is 5.56. The number of hydrogen-bond donors (Lipinski definition) is 3. The number of carbonyl (C=O) groups excluding carboxylic acids is 2. The minimum absolute atomic E-state index is 0.128. The van der Waals surface area contributed by atoms with Crippen LogP contribution in [0, 0.1) is 0 Å². The second-order valence-corrected chi connectivity index (χ2v) is 4.08. The van der Waals surface area contributed by atoms with Gasteiger partial charge in [-0.3, -0.25) is 4.79 Å². The Balaban J connectivity index is 2.55. The molecule has 0 atom stereocenters. The van der Waals surface area contributed by atoms with Gasteiger partial charge in [0.2, 0.25) is 5.91 Å². The Bertz CT molecular complexity index is 460. The summed E-state index contributed by atoms with van der Waals surface area (Å²) in [5.74, 6) is -0.128. The molecule has 0 bridgehead atoms. The summed E-state index contributed by atoms with van der Waals surface area (Å²) >= 11 is 0. The SMILES string of the molecule is CC(=O)Nc1ccc(NC(=O)NC=C(C)C)cc1. The maximum absolute atomic E-state index is 11.4. The Labute approximate surface area is 106 Å². The van der Waals surface area contributed by atoms with E-state index >= 15 is 0 Å². The molecular formula is C13H17N3O2. The number of urea groups is 1. The highest BCUT2D eigenvalue weighted by atomic mass is 16.2. The molecule has 1 rings (SSSR count). The first kappa shape index (κ1) is 13.8. The molecule has 18 heavy (non-hydrogen) atoms. The summed E-state index contributed by atoms with van der Waals surface area (Å²) in [6, 6.07) is 6.57.